The normalized spacial score (nSPS) is 43.9. The van der Waals surface area contributed by atoms with E-state index in [9.17, 15) is 0 Å². The number of hydrogen-bond donors (Lipinski definition) is 0. The van der Waals surface area contributed by atoms with Gasteiger partial charge in [-0.15, -0.1) is 11.8 Å². The summed E-state index contributed by atoms with van der Waals surface area (Å²) in [6.45, 7) is 24.0. The maximum absolute atomic E-state index is 2.67. The van der Waals surface area contributed by atoms with Crippen LogP contribution in [0.2, 0.25) is 74.0 Å². The second-order valence-electron chi connectivity index (χ2n) is 11.1. The fraction of sp³-hybridized carbons (Fsp3) is 0.684. The topological polar surface area (TPSA) is 0 Å². The van der Waals surface area contributed by atoms with Crippen molar-refractivity contribution in [1.82, 2.24) is 0 Å². The first-order valence-electron chi connectivity index (χ1n) is 9.07. The van der Waals surface area contributed by atoms with Crippen LogP contribution < -0.4 is 0 Å². The van der Waals surface area contributed by atoms with Crippen LogP contribution in [0.1, 0.15) is 0 Å². The molecule has 0 radical (unpaired) electrons. The average Bonchev–Trinajstić information content (AvgIpc) is 3.21. The van der Waals surface area contributed by atoms with E-state index >= 15 is 0 Å². The number of rotatable bonds is 5. The lowest BCUT2D eigenvalue weighted by Gasteiger charge is -2.20. The molecule has 0 saturated heterocycles. The molecule has 4 fully saturated rings. The van der Waals surface area contributed by atoms with Crippen molar-refractivity contribution in [3.63, 3.8) is 0 Å². The summed E-state index contributed by atoms with van der Waals surface area (Å²) in [5, 5.41) is 2.32. The van der Waals surface area contributed by atoms with Gasteiger partial charge in [0.15, 0.2) is 0 Å². The Kier molecular flexibility index (Phi) is 2.77. The summed E-state index contributed by atoms with van der Waals surface area (Å²) in [7, 11) is -3.54. The van der Waals surface area contributed by atoms with Gasteiger partial charge >= 0.3 is 0 Å². The quantitative estimate of drug-likeness (QED) is 0.509. The van der Waals surface area contributed by atoms with Crippen LogP contribution in [0.5, 0.6) is 0 Å². The first kappa shape index (κ1) is 16.7. The SMILES string of the molecule is C[Si](C)(C)C12C3(Sc4ccccc4)C1([Si](C)(C)C)C32[Si](C)(C)C. The van der Waals surface area contributed by atoms with Gasteiger partial charge in [-0.05, 0) is 27.2 Å². The zero-order chi connectivity index (χ0) is 17.3. The molecule has 4 aliphatic rings. The lowest BCUT2D eigenvalue weighted by molar-refractivity contribution is 1.27. The highest BCUT2D eigenvalue weighted by Crippen LogP contribution is 3.48. The zero-order valence-electron chi connectivity index (χ0n) is 16.3. The van der Waals surface area contributed by atoms with Crippen LogP contribution in [-0.4, -0.2) is 29.0 Å². The Morgan fingerprint density at radius 3 is 1.26 bits per heavy atom. The van der Waals surface area contributed by atoms with E-state index in [4.69, 9.17) is 0 Å². The molecule has 0 nitrogen and oxygen atoms in total. The minimum absolute atomic E-state index is 0.647. The fourth-order valence-electron chi connectivity index (χ4n) is 7.83. The molecule has 0 aromatic heterocycles. The lowest BCUT2D eigenvalue weighted by atomic mass is 10.4. The largest absolute Gasteiger partial charge is 0.118 e. The van der Waals surface area contributed by atoms with Gasteiger partial charge in [0.05, 0.1) is 24.2 Å². The van der Waals surface area contributed by atoms with Crippen molar-refractivity contribution < 1.29 is 0 Å². The monoisotopic (exact) mass is 376 g/mol. The van der Waals surface area contributed by atoms with Crippen LogP contribution in [-0.2, 0) is 0 Å². The molecular weight excluding hydrogens is 345 g/mol. The summed E-state index contributed by atoms with van der Waals surface area (Å²) in [6.07, 6.45) is 0. The summed E-state index contributed by atoms with van der Waals surface area (Å²) in [5.74, 6) is 0. The Morgan fingerprint density at radius 2 is 0.957 bits per heavy atom. The molecule has 1 aromatic carbocycles. The highest BCUT2D eigenvalue weighted by Gasteiger charge is 3.39. The van der Waals surface area contributed by atoms with Crippen molar-refractivity contribution in [1.29, 1.82) is 0 Å². The molecule has 0 unspecified atom stereocenters. The van der Waals surface area contributed by atoms with Gasteiger partial charge in [0.2, 0.25) is 0 Å². The van der Waals surface area contributed by atoms with Gasteiger partial charge in [0.25, 0.3) is 0 Å². The standard InChI is InChI=1S/C19H32SSi3/c1-21(2,3)17-16(20-15-13-11-10-12-14-15)18(17,22(4,5)6)19(16,17)23(7,8)9/h10-14H,1-9H3. The second kappa shape index (κ2) is 3.81. The van der Waals surface area contributed by atoms with E-state index in [2.05, 4.69) is 101 Å². The van der Waals surface area contributed by atoms with E-state index in [-0.39, 0.29) is 0 Å². The summed E-state index contributed by atoms with van der Waals surface area (Å²) >= 11 is 2.30. The maximum Gasteiger partial charge on any atom is 0.0532 e. The minimum Gasteiger partial charge on any atom is -0.118 e. The van der Waals surface area contributed by atoms with Gasteiger partial charge in [0, 0.05) is 9.64 Å². The summed E-state index contributed by atoms with van der Waals surface area (Å²) in [6, 6.07) is 11.3. The Morgan fingerprint density at radius 1 is 0.609 bits per heavy atom. The van der Waals surface area contributed by atoms with Crippen LogP contribution in [0.15, 0.2) is 35.2 Å². The number of thioether (sulfide) groups is 1. The van der Waals surface area contributed by atoms with Crippen molar-refractivity contribution in [2.75, 3.05) is 0 Å². The number of benzene rings is 1. The molecule has 1 aromatic rings. The summed E-state index contributed by atoms with van der Waals surface area (Å²) in [5.41, 5.74) is 0. The Hall–Kier alpha value is 0.221. The van der Waals surface area contributed by atoms with Gasteiger partial charge in [-0.2, -0.15) is 0 Å². The fourth-order valence-corrected chi connectivity index (χ4v) is 33.7. The molecule has 4 aliphatic carbocycles. The van der Waals surface area contributed by atoms with Crippen molar-refractivity contribution in [3.05, 3.63) is 30.3 Å². The molecule has 0 bridgehead atoms. The molecule has 0 aliphatic heterocycles. The molecule has 0 atom stereocenters. The molecule has 0 heterocycles. The molecular formula is C19H32SSi3. The number of hydrogen-bond acceptors (Lipinski definition) is 1. The highest BCUT2D eigenvalue weighted by atomic mass is 32.2. The maximum atomic E-state index is 2.67. The van der Waals surface area contributed by atoms with Crippen LogP contribution >= 0.6 is 11.8 Å². The van der Waals surface area contributed by atoms with Gasteiger partial charge in [0.1, 0.15) is 0 Å². The average molecular weight is 377 g/mol. The van der Waals surface area contributed by atoms with Crippen LogP contribution in [0.4, 0.5) is 0 Å². The summed E-state index contributed by atoms with van der Waals surface area (Å²) < 4.78 is 0.647. The van der Waals surface area contributed by atoms with Crippen LogP contribution in [0.3, 0.4) is 0 Å². The molecule has 0 amide bonds. The van der Waals surface area contributed by atoms with Gasteiger partial charge in [-0.3, -0.25) is 0 Å². The molecule has 4 heteroatoms. The molecule has 23 heavy (non-hydrogen) atoms. The third-order valence-corrected chi connectivity index (χ3v) is 20.6. The third-order valence-electron chi connectivity index (χ3n) is 7.41. The zero-order valence-corrected chi connectivity index (χ0v) is 20.1. The van der Waals surface area contributed by atoms with E-state index in [1.807, 2.05) is 0 Å². The van der Waals surface area contributed by atoms with E-state index in [1.165, 1.54) is 4.90 Å². The van der Waals surface area contributed by atoms with E-state index in [0.29, 0.717) is 4.75 Å². The van der Waals surface area contributed by atoms with E-state index in [0.717, 1.165) is 15.1 Å². The highest BCUT2D eigenvalue weighted by molar-refractivity contribution is 8.03. The van der Waals surface area contributed by atoms with Gasteiger partial charge in [-0.25, -0.2) is 0 Å². The van der Waals surface area contributed by atoms with Crippen molar-refractivity contribution in [2.45, 2.75) is 83.7 Å². The molecule has 0 N–H and O–H groups in total. The molecule has 126 valence electrons. The predicted molar refractivity (Wildman–Crippen MR) is 113 cm³/mol. The first-order chi connectivity index (χ1) is 10.3. The Labute approximate surface area is 149 Å². The minimum atomic E-state index is -1.18. The Bertz CT molecular complexity index is 617. The lowest BCUT2D eigenvalue weighted by Crippen LogP contribution is -2.26. The van der Waals surface area contributed by atoms with Crippen molar-refractivity contribution in [2.24, 2.45) is 0 Å². The van der Waals surface area contributed by atoms with Crippen molar-refractivity contribution >= 4 is 36.0 Å². The van der Waals surface area contributed by atoms with Crippen LogP contribution in [0.25, 0.3) is 0 Å². The second-order valence-corrected chi connectivity index (χ2v) is 28.1. The smallest absolute Gasteiger partial charge is 0.0532 e. The van der Waals surface area contributed by atoms with Crippen molar-refractivity contribution in [3.8, 4) is 0 Å². The van der Waals surface area contributed by atoms with Crippen LogP contribution in [0, 0.1) is 0 Å². The summed E-state index contributed by atoms with van der Waals surface area (Å²) in [4.78, 5) is 1.52. The van der Waals surface area contributed by atoms with Gasteiger partial charge in [-0.1, -0.05) is 77.1 Å². The predicted octanol–water partition coefficient (Wildman–Crippen LogP) is 6.79. The molecule has 5 rings (SSSR count). The molecule has 0 spiro atoms. The first-order valence-corrected chi connectivity index (χ1v) is 20.4. The van der Waals surface area contributed by atoms with E-state index in [1.54, 1.807) is 0 Å². The molecule has 4 saturated carbocycles. The van der Waals surface area contributed by atoms with E-state index < -0.39 is 24.2 Å². The third kappa shape index (κ3) is 1.22. The van der Waals surface area contributed by atoms with Gasteiger partial charge < -0.3 is 0 Å². The Balaban J connectivity index is 1.86.